The van der Waals surface area contributed by atoms with Crippen molar-refractivity contribution in [3.05, 3.63) is 11.6 Å². The van der Waals surface area contributed by atoms with E-state index in [1.54, 1.807) is 5.57 Å². The van der Waals surface area contributed by atoms with Crippen LogP contribution in [0.4, 0.5) is 0 Å². The standard InChI is InChI=1S/C34H52O6/c1-29(2)23-12-15-34(7)24(32(23,5)14-13-25(29)40-27(37)11-10-26(35)36)9-8-21-22-20-31(4,28(38)39)17-16-30(22,3)18-19-33(21,34)6/h9,21-23,25H,8,10-20H2,1-7H3,(H,35,36)(H,38,39). The predicted octanol–water partition coefficient (Wildman–Crippen LogP) is 7.65. The Balaban J connectivity index is 1.44. The zero-order chi connectivity index (χ0) is 29.5. The summed E-state index contributed by atoms with van der Waals surface area (Å²) in [5.41, 5.74) is 1.24. The summed E-state index contributed by atoms with van der Waals surface area (Å²) in [5.74, 6) is -0.695. The molecule has 6 heteroatoms. The smallest absolute Gasteiger partial charge is 0.309 e. The van der Waals surface area contributed by atoms with Gasteiger partial charge in [-0.05, 0) is 111 Å². The molecule has 5 aliphatic rings. The van der Waals surface area contributed by atoms with Gasteiger partial charge >= 0.3 is 17.9 Å². The second-order valence-electron chi connectivity index (χ2n) is 16.3. The molecule has 0 heterocycles. The van der Waals surface area contributed by atoms with Gasteiger partial charge in [0.25, 0.3) is 0 Å². The second kappa shape index (κ2) is 9.33. The normalized spacial score (nSPS) is 47.4. The molecule has 0 spiro atoms. The maximum Gasteiger partial charge on any atom is 0.309 e. The summed E-state index contributed by atoms with van der Waals surface area (Å²) in [4.78, 5) is 35.8. The molecule has 40 heavy (non-hydrogen) atoms. The van der Waals surface area contributed by atoms with Gasteiger partial charge in [0, 0.05) is 5.41 Å². The first-order chi connectivity index (χ1) is 18.4. The topological polar surface area (TPSA) is 101 Å². The molecule has 0 radical (unpaired) electrons. The Kier molecular flexibility index (Phi) is 6.91. The Labute approximate surface area is 240 Å². The van der Waals surface area contributed by atoms with Crippen molar-refractivity contribution in [1.29, 1.82) is 0 Å². The predicted molar refractivity (Wildman–Crippen MR) is 153 cm³/mol. The van der Waals surface area contributed by atoms with E-state index in [1.807, 2.05) is 6.92 Å². The van der Waals surface area contributed by atoms with Crippen LogP contribution in [0.15, 0.2) is 11.6 Å². The fourth-order valence-corrected chi connectivity index (χ4v) is 11.2. The molecular formula is C34H52O6. The monoisotopic (exact) mass is 556 g/mol. The van der Waals surface area contributed by atoms with E-state index in [9.17, 15) is 19.5 Å². The maximum absolute atomic E-state index is 12.5. The zero-order valence-electron chi connectivity index (χ0n) is 25.9. The van der Waals surface area contributed by atoms with Gasteiger partial charge in [0.15, 0.2) is 0 Å². The highest BCUT2D eigenvalue weighted by Crippen LogP contribution is 2.75. The largest absolute Gasteiger partial charge is 0.481 e. The lowest BCUT2D eigenvalue weighted by Gasteiger charge is -2.70. The van der Waals surface area contributed by atoms with Crippen LogP contribution in [0.5, 0.6) is 0 Å². The van der Waals surface area contributed by atoms with E-state index >= 15 is 0 Å². The Morgan fingerprint density at radius 1 is 0.850 bits per heavy atom. The molecule has 2 N–H and O–H groups in total. The van der Waals surface area contributed by atoms with Crippen LogP contribution in [0.25, 0.3) is 0 Å². The van der Waals surface area contributed by atoms with Gasteiger partial charge in [-0.2, -0.15) is 0 Å². The number of ether oxygens (including phenoxy) is 1. The lowest BCUT2D eigenvalue weighted by Crippen LogP contribution is -2.63. The van der Waals surface area contributed by atoms with E-state index < -0.39 is 23.3 Å². The number of fused-ring (bicyclic) bond motifs is 7. The van der Waals surface area contributed by atoms with Crippen molar-refractivity contribution in [3.63, 3.8) is 0 Å². The molecule has 0 aromatic heterocycles. The van der Waals surface area contributed by atoms with Crippen LogP contribution < -0.4 is 0 Å². The number of carbonyl (C=O) groups is 3. The van der Waals surface area contributed by atoms with Crippen LogP contribution in [0.3, 0.4) is 0 Å². The van der Waals surface area contributed by atoms with Gasteiger partial charge in [-0.3, -0.25) is 14.4 Å². The molecule has 0 aliphatic heterocycles. The first-order valence-corrected chi connectivity index (χ1v) is 15.8. The summed E-state index contributed by atoms with van der Waals surface area (Å²) in [6.45, 7) is 16.5. The average Bonchev–Trinajstić information content (AvgIpc) is 2.86. The number of esters is 1. The molecule has 4 fully saturated rings. The number of aliphatic carboxylic acids is 2. The molecule has 224 valence electrons. The second-order valence-corrected chi connectivity index (χ2v) is 16.3. The Morgan fingerprint density at radius 3 is 2.17 bits per heavy atom. The molecular weight excluding hydrogens is 504 g/mol. The van der Waals surface area contributed by atoms with Gasteiger partial charge in [-0.15, -0.1) is 0 Å². The van der Waals surface area contributed by atoms with Crippen molar-refractivity contribution in [1.82, 2.24) is 0 Å². The minimum Gasteiger partial charge on any atom is -0.481 e. The van der Waals surface area contributed by atoms with E-state index in [2.05, 4.69) is 47.6 Å². The molecule has 0 aromatic carbocycles. The van der Waals surface area contributed by atoms with E-state index in [0.717, 1.165) is 51.4 Å². The van der Waals surface area contributed by atoms with E-state index in [4.69, 9.17) is 9.84 Å². The third-order valence-electron chi connectivity index (χ3n) is 14.1. The minimum atomic E-state index is -0.973. The molecule has 0 amide bonds. The van der Waals surface area contributed by atoms with Gasteiger partial charge in [-0.1, -0.05) is 53.2 Å². The molecule has 5 rings (SSSR count). The van der Waals surface area contributed by atoms with E-state index in [0.29, 0.717) is 17.8 Å². The van der Waals surface area contributed by atoms with Gasteiger partial charge in [-0.25, -0.2) is 0 Å². The summed E-state index contributed by atoms with van der Waals surface area (Å²) in [5, 5.41) is 19.1. The maximum atomic E-state index is 12.5. The third kappa shape index (κ3) is 4.12. The van der Waals surface area contributed by atoms with Gasteiger partial charge in [0.05, 0.1) is 18.3 Å². The number of carboxylic acids is 2. The van der Waals surface area contributed by atoms with Gasteiger partial charge in [0.1, 0.15) is 6.10 Å². The molecule has 0 saturated heterocycles. The molecule has 9 atom stereocenters. The van der Waals surface area contributed by atoms with Crippen molar-refractivity contribution in [2.45, 2.75) is 132 Å². The van der Waals surface area contributed by atoms with Crippen LogP contribution in [0.2, 0.25) is 0 Å². The molecule has 6 nitrogen and oxygen atoms in total. The number of allylic oxidation sites excluding steroid dienone is 2. The SMILES string of the molecule is CC1(C(=O)O)CCC2(C)CCC3(C)C(CC=C4C5(C)CCC(OC(=O)CCC(=O)O)C(C)(C)C5CCC43C)C2C1. The number of rotatable bonds is 5. The van der Waals surface area contributed by atoms with Crippen LogP contribution >= 0.6 is 0 Å². The summed E-state index contributed by atoms with van der Waals surface area (Å²) < 4.78 is 5.96. The Bertz CT molecular complexity index is 1120. The number of carboxylic acid groups (broad SMARTS) is 2. The first-order valence-electron chi connectivity index (χ1n) is 15.8. The molecule has 4 saturated carbocycles. The highest BCUT2D eigenvalue weighted by atomic mass is 16.5. The van der Waals surface area contributed by atoms with Crippen LogP contribution in [-0.2, 0) is 19.1 Å². The summed E-state index contributed by atoms with van der Waals surface area (Å²) in [7, 11) is 0. The van der Waals surface area contributed by atoms with Crippen molar-refractivity contribution in [3.8, 4) is 0 Å². The molecule has 0 bridgehead atoms. The van der Waals surface area contributed by atoms with Crippen molar-refractivity contribution < 1.29 is 29.3 Å². The minimum absolute atomic E-state index is 0.0251. The fourth-order valence-electron chi connectivity index (χ4n) is 11.2. The van der Waals surface area contributed by atoms with Crippen LogP contribution in [0.1, 0.15) is 126 Å². The average molecular weight is 557 g/mol. The summed E-state index contributed by atoms with van der Waals surface area (Å²) in [6, 6.07) is 0. The highest BCUT2D eigenvalue weighted by Gasteiger charge is 2.68. The van der Waals surface area contributed by atoms with Crippen molar-refractivity contribution in [2.75, 3.05) is 0 Å². The summed E-state index contributed by atoms with van der Waals surface area (Å²) in [6.07, 6.45) is 12.1. The summed E-state index contributed by atoms with van der Waals surface area (Å²) >= 11 is 0. The molecule has 0 aromatic rings. The van der Waals surface area contributed by atoms with Gasteiger partial charge in [0.2, 0.25) is 0 Å². The first kappa shape index (κ1) is 29.6. The Morgan fingerprint density at radius 2 is 1.52 bits per heavy atom. The number of hydrogen-bond acceptors (Lipinski definition) is 4. The number of carbonyl (C=O) groups excluding carboxylic acids is 1. The Hall–Kier alpha value is -1.85. The lowest BCUT2D eigenvalue weighted by molar-refractivity contribution is -0.189. The highest BCUT2D eigenvalue weighted by molar-refractivity contribution is 5.76. The quantitative estimate of drug-likeness (QED) is 0.266. The third-order valence-corrected chi connectivity index (χ3v) is 14.1. The van der Waals surface area contributed by atoms with Gasteiger partial charge < -0.3 is 14.9 Å². The molecule has 9 unspecified atom stereocenters. The lowest BCUT2D eigenvalue weighted by atomic mass is 9.34. The van der Waals surface area contributed by atoms with Crippen molar-refractivity contribution in [2.24, 2.45) is 50.2 Å². The van der Waals surface area contributed by atoms with Crippen LogP contribution in [0, 0.1) is 50.2 Å². The fraction of sp³-hybridized carbons (Fsp3) is 0.853. The molecule has 5 aliphatic carbocycles. The van der Waals surface area contributed by atoms with E-state index in [-0.39, 0.29) is 46.0 Å². The van der Waals surface area contributed by atoms with Crippen molar-refractivity contribution >= 4 is 17.9 Å². The number of hydrogen-bond donors (Lipinski definition) is 2. The van der Waals surface area contributed by atoms with E-state index in [1.165, 1.54) is 12.8 Å². The zero-order valence-corrected chi connectivity index (χ0v) is 25.9. The van der Waals surface area contributed by atoms with Crippen LogP contribution in [-0.4, -0.2) is 34.2 Å².